The molecule has 2 rings (SSSR count). The smallest absolute Gasteiger partial charge is 0.244 e. The molecule has 1 fully saturated rings. The summed E-state index contributed by atoms with van der Waals surface area (Å²) < 4.78 is 5.34. The summed E-state index contributed by atoms with van der Waals surface area (Å²) in [5.74, 6) is 0.381. The van der Waals surface area contributed by atoms with E-state index >= 15 is 0 Å². The fourth-order valence-corrected chi connectivity index (χ4v) is 2.13. The molecule has 1 saturated heterocycles. The van der Waals surface area contributed by atoms with E-state index in [1.54, 1.807) is 13.1 Å². The lowest BCUT2D eigenvalue weighted by molar-refractivity contribution is -0.124. The average Bonchev–Trinajstić information content (AvgIpc) is 2.46. The van der Waals surface area contributed by atoms with Gasteiger partial charge in [0.05, 0.1) is 25.0 Å². The molecule has 0 bridgehead atoms. The predicted octanol–water partition coefficient (Wildman–Crippen LogP) is -0.938. The van der Waals surface area contributed by atoms with Crippen LogP contribution in [-0.4, -0.2) is 53.9 Å². The number of amides is 1. The molecule has 3 N–H and O–H groups in total. The molecule has 0 spiro atoms. The van der Waals surface area contributed by atoms with E-state index in [4.69, 9.17) is 22.7 Å². The van der Waals surface area contributed by atoms with Crippen molar-refractivity contribution in [2.45, 2.75) is 6.04 Å². The van der Waals surface area contributed by atoms with Gasteiger partial charge in [-0.3, -0.25) is 4.79 Å². The molecular weight excluding hydrogens is 266 g/mol. The van der Waals surface area contributed by atoms with Crippen LogP contribution in [0.15, 0.2) is 12.3 Å². The van der Waals surface area contributed by atoms with Crippen LogP contribution in [0.5, 0.6) is 0 Å². The van der Waals surface area contributed by atoms with Crippen molar-refractivity contribution < 1.29 is 9.53 Å². The fourth-order valence-electron chi connectivity index (χ4n) is 1.97. The van der Waals surface area contributed by atoms with E-state index in [-0.39, 0.29) is 10.9 Å². The number of hydrogen-bond acceptors (Lipinski definition) is 6. The van der Waals surface area contributed by atoms with Gasteiger partial charge in [-0.15, -0.1) is 5.10 Å². The summed E-state index contributed by atoms with van der Waals surface area (Å²) in [4.78, 5) is 13.9. The number of thiocarbonyl (C=S) groups is 1. The molecule has 1 aromatic rings. The number of carbonyl (C=O) groups is 1. The number of aromatic nitrogens is 2. The lowest BCUT2D eigenvalue weighted by atomic mass is 10.1. The summed E-state index contributed by atoms with van der Waals surface area (Å²) in [7, 11) is 1.58. The van der Waals surface area contributed by atoms with Gasteiger partial charge in [-0.2, -0.15) is 5.10 Å². The van der Waals surface area contributed by atoms with Crippen LogP contribution in [0.4, 0.5) is 5.82 Å². The van der Waals surface area contributed by atoms with Crippen LogP contribution in [-0.2, 0) is 9.53 Å². The lowest BCUT2D eigenvalue weighted by Crippen LogP contribution is -2.54. The van der Waals surface area contributed by atoms with E-state index in [1.807, 2.05) is 4.90 Å². The monoisotopic (exact) mass is 281 g/mol. The molecule has 2 heterocycles. The van der Waals surface area contributed by atoms with Gasteiger partial charge in [-0.1, -0.05) is 12.2 Å². The van der Waals surface area contributed by atoms with E-state index in [1.165, 1.54) is 6.20 Å². The van der Waals surface area contributed by atoms with Gasteiger partial charge < -0.3 is 20.7 Å². The molecule has 1 aliphatic heterocycles. The Bertz CT molecular complexity index is 496. The number of morpholine rings is 1. The van der Waals surface area contributed by atoms with E-state index in [0.29, 0.717) is 31.1 Å². The molecule has 1 unspecified atom stereocenters. The molecule has 1 amide bonds. The van der Waals surface area contributed by atoms with E-state index < -0.39 is 6.04 Å². The Hall–Kier alpha value is -1.80. The highest BCUT2D eigenvalue weighted by Crippen LogP contribution is 2.21. The van der Waals surface area contributed by atoms with Gasteiger partial charge in [-0.25, -0.2) is 0 Å². The van der Waals surface area contributed by atoms with Crippen molar-refractivity contribution in [3.63, 3.8) is 0 Å². The summed E-state index contributed by atoms with van der Waals surface area (Å²) in [5, 5.41) is 10.5. The maximum Gasteiger partial charge on any atom is 0.244 e. The first-order valence-electron chi connectivity index (χ1n) is 5.82. The maximum absolute atomic E-state index is 11.9. The third kappa shape index (κ3) is 2.79. The summed E-state index contributed by atoms with van der Waals surface area (Å²) in [6.45, 7) is 1.35. The molecule has 0 aromatic carbocycles. The number of nitrogens with zero attached hydrogens (tertiary/aromatic N) is 3. The average molecular weight is 281 g/mol. The SMILES string of the molecule is CNC(=O)C1COCCN1c1nnccc1C(N)=S. The topological polar surface area (TPSA) is 93.4 Å². The third-order valence-corrected chi connectivity index (χ3v) is 3.14. The Morgan fingerprint density at radius 3 is 3.16 bits per heavy atom. The number of nitrogens with two attached hydrogens (primary N) is 1. The van der Waals surface area contributed by atoms with E-state index in [9.17, 15) is 4.79 Å². The van der Waals surface area contributed by atoms with Crippen molar-refractivity contribution in [2.24, 2.45) is 5.73 Å². The molecule has 0 radical (unpaired) electrons. The van der Waals surface area contributed by atoms with Crippen LogP contribution in [0, 0.1) is 0 Å². The first-order valence-corrected chi connectivity index (χ1v) is 6.23. The summed E-state index contributed by atoms with van der Waals surface area (Å²) in [5.41, 5.74) is 6.29. The highest BCUT2D eigenvalue weighted by atomic mass is 32.1. The molecule has 1 atom stereocenters. The maximum atomic E-state index is 11.9. The van der Waals surface area contributed by atoms with Crippen LogP contribution in [0.25, 0.3) is 0 Å². The number of likely N-dealkylation sites (N-methyl/N-ethyl adjacent to an activating group) is 1. The largest absolute Gasteiger partial charge is 0.389 e. The standard InChI is InChI=1S/C11H15N5O2S/c1-13-11(17)8-6-18-5-4-16(8)10-7(9(12)19)2-3-14-15-10/h2-3,8H,4-6H2,1H3,(H2,12,19)(H,13,17). The number of ether oxygens (including phenoxy) is 1. The number of carbonyl (C=O) groups excluding carboxylic acids is 1. The van der Waals surface area contributed by atoms with E-state index in [2.05, 4.69) is 15.5 Å². The van der Waals surface area contributed by atoms with Gasteiger partial charge in [0.15, 0.2) is 5.82 Å². The number of nitrogens with one attached hydrogen (secondary N) is 1. The molecule has 7 nitrogen and oxygen atoms in total. The first kappa shape index (κ1) is 13.6. The highest BCUT2D eigenvalue weighted by molar-refractivity contribution is 7.80. The zero-order valence-corrected chi connectivity index (χ0v) is 11.3. The Morgan fingerprint density at radius 2 is 2.47 bits per heavy atom. The first-order chi connectivity index (χ1) is 9.15. The van der Waals surface area contributed by atoms with Gasteiger partial charge in [0, 0.05) is 13.6 Å². The number of hydrogen-bond donors (Lipinski definition) is 2. The second-order valence-corrected chi connectivity index (χ2v) is 4.47. The minimum atomic E-state index is -0.455. The summed E-state index contributed by atoms with van der Waals surface area (Å²) in [6, 6.07) is 1.24. The normalized spacial score (nSPS) is 19.0. The van der Waals surface area contributed by atoms with Crippen molar-refractivity contribution in [1.29, 1.82) is 0 Å². The lowest BCUT2D eigenvalue weighted by Gasteiger charge is -2.35. The van der Waals surface area contributed by atoms with Crippen LogP contribution >= 0.6 is 12.2 Å². The molecule has 0 saturated carbocycles. The van der Waals surface area contributed by atoms with Gasteiger partial charge in [0.1, 0.15) is 11.0 Å². The van der Waals surface area contributed by atoms with Gasteiger partial charge in [0.25, 0.3) is 0 Å². The number of anilines is 1. The Kier molecular flexibility index (Phi) is 4.23. The number of rotatable bonds is 3. The van der Waals surface area contributed by atoms with E-state index in [0.717, 1.165) is 0 Å². The zero-order valence-electron chi connectivity index (χ0n) is 10.5. The molecule has 102 valence electrons. The summed E-state index contributed by atoms with van der Waals surface area (Å²) >= 11 is 5.00. The van der Waals surface area contributed by atoms with Crippen LogP contribution < -0.4 is 16.0 Å². The fraction of sp³-hybridized carbons (Fsp3) is 0.455. The highest BCUT2D eigenvalue weighted by Gasteiger charge is 2.31. The van der Waals surface area contributed by atoms with Crippen molar-refractivity contribution in [3.05, 3.63) is 17.8 Å². The molecule has 8 heteroatoms. The van der Waals surface area contributed by atoms with Crippen molar-refractivity contribution in [3.8, 4) is 0 Å². The van der Waals surface area contributed by atoms with Crippen LogP contribution in [0.3, 0.4) is 0 Å². The van der Waals surface area contributed by atoms with Gasteiger partial charge in [0.2, 0.25) is 5.91 Å². The zero-order chi connectivity index (χ0) is 13.8. The Balaban J connectivity index is 2.37. The molecule has 1 aromatic heterocycles. The molecule has 19 heavy (non-hydrogen) atoms. The van der Waals surface area contributed by atoms with Crippen molar-refractivity contribution in [2.75, 3.05) is 31.7 Å². The van der Waals surface area contributed by atoms with Gasteiger partial charge in [-0.05, 0) is 6.07 Å². The minimum Gasteiger partial charge on any atom is -0.389 e. The van der Waals surface area contributed by atoms with Crippen molar-refractivity contribution >= 4 is 28.9 Å². The van der Waals surface area contributed by atoms with Crippen LogP contribution in [0.1, 0.15) is 5.56 Å². The summed E-state index contributed by atoms with van der Waals surface area (Å²) in [6.07, 6.45) is 1.52. The molecule has 1 aliphatic rings. The minimum absolute atomic E-state index is 0.140. The second kappa shape index (κ2) is 5.89. The molecule has 0 aliphatic carbocycles. The van der Waals surface area contributed by atoms with Crippen molar-refractivity contribution in [1.82, 2.24) is 15.5 Å². The third-order valence-electron chi connectivity index (χ3n) is 2.92. The Labute approximate surface area is 116 Å². The predicted molar refractivity (Wildman–Crippen MR) is 73.9 cm³/mol. The Morgan fingerprint density at radius 1 is 1.68 bits per heavy atom. The quantitative estimate of drug-likeness (QED) is 0.691. The second-order valence-electron chi connectivity index (χ2n) is 4.03. The van der Waals surface area contributed by atoms with Crippen LogP contribution in [0.2, 0.25) is 0 Å². The molecular formula is C11H15N5O2S. The van der Waals surface area contributed by atoms with Gasteiger partial charge >= 0.3 is 0 Å².